The molecule has 1 aliphatic carbocycles. The van der Waals surface area contributed by atoms with Gasteiger partial charge in [-0.1, -0.05) is 72.4 Å². The topological polar surface area (TPSA) is 17.8 Å². The van der Waals surface area contributed by atoms with Crippen LogP contribution >= 0.6 is 0 Å². The Hall–Kier alpha value is -0.725. The predicted molar refractivity (Wildman–Crippen MR) is 101 cm³/mol. The van der Waals surface area contributed by atoms with Crippen molar-refractivity contribution in [3.63, 3.8) is 0 Å². The van der Waals surface area contributed by atoms with Gasteiger partial charge in [0.05, 0.1) is 5.69 Å². The van der Waals surface area contributed by atoms with E-state index in [0.29, 0.717) is 17.5 Å². The van der Waals surface area contributed by atoms with Crippen molar-refractivity contribution in [2.24, 2.45) is 23.8 Å². The molecule has 0 radical (unpaired) electrons. The van der Waals surface area contributed by atoms with Crippen LogP contribution in [-0.4, -0.2) is 16.5 Å². The van der Waals surface area contributed by atoms with Gasteiger partial charge >= 0.3 is 0 Å². The van der Waals surface area contributed by atoms with Crippen molar-refractivity contribution < 1.29 is 0 Å². The molecule has 0 spiro atoms. The van der Waals surface area contributed by atoms with E-state index in [1.54, 1.807) is 5.46 Å². The maximum absolute atomic E-state index is 4.85. The minimum atomic E-state index is 0.425. The molecule has 23 heavy (non-hydrogen) atoms. The molecule has 0 atom stereocenters. The van der Waals surface area contributed by atoms with E-state index in [-0.39, 0.29) is 0 Å². The Kier molecular flexibility index (Phi) is 4.68. The van der Waals surface area contributed by atoms with E-state index < -0.39 is 0 Å². The quantitative estimate of drug-likeness (QED) is 0.737. The van der Waals surface area contributed by atoms with Crippen LogP contribution in [-0.2, 0) is 13.5 Å². The SMILES string of the molecule is Cn1cc(B2CC(C)(C)C(C)(C)C2)c(CCC2CCCCC2)n1. The fourth-order valence-corrected chi connectivity index (χ4v) is 4.98. The van der Waals surface area contributed by atoms with Gasteiger partial charge in [-0.05, 0) is 35.1 Å². The zero-order chi connectivity index (χ0) is 16.7. The molecule has 1 aliphatic heterocycles. The highest BCUT2D eigenvalue weighted by Gasteiger charge is 2.48. The summed E-state index contributed by atoms with van der Waals surface area (Å²) in [6, 6.07) is 0. The molecule has 128 valence electrons. The van der Waals surface area contributed by atoms with Crippen molar-refractivity contribution in [3.8, 4) is 0 Å². The largest absolute Gasteiger partial charge is 0.276 e. The average molecular weight is 314 g/mol. The van der Waals surface area contributed by atoms with Gasteiger partial charge in [0.15, 0.2) is 6.71 Å². The molecular weight excluding hydrogens is 279 g/mol. The summed E-state index contributed by atoms with van der Waals surface area (Å²) < 4.78 is 2.06. The molecular formula is C20H35BN2. The van der Waals surface area contributed by atoms with Gasteiger partial charge < -0.3 is 0 Å². The van der Waals surface area contributed by atoms with E-state index in [1.807, 2.05) is 0 Å². The molecule has 2 aliphatic rings. The predicted octanol–water partition coefficient (Wildman–Crippen LogP) is 4.70. The van der Waals surface area contributed by atoms with Crippen LogP contribution in [0.25, 0.3) is 0 Å². The Morgan fingerprint density at radius 2 is 1.70 bits per heavy atom. The van der Waals surface area contributed by atoms with Gasteiger partial charge in [-0.25, -0.2) is 0 Å². The van der Waals surface area contributed by atoms with Crippen molar-refractivity contribution in [1.29, 1.82) is 0 Å². The zero-order valence-electron chi connectivity index (χ0n) is 16.0. The second kappa shape index (κ2) is 6.29. The standard InChI is InChI=1S/C20H35BN2/c1-19(2)14-21(15-20(19,3)4)17-13-23(5)22-18(17)12-11-16-9-7-6-8-10-16/h13,16H,6-12,14-15H2,1-5H3. The van der Waals surface area contributed by atoms with Crippen LogP contribution in [0.15, 0.2) is 6.20 Å². The first kappa shape index (κ1) is 17.1. The highest BCUT2D eigenvalue weighted by Crippen LogP contribution is 2.52. The third-order valence-corrected chi connectivity index (χ3v) is 7.24. The smallest absolute Gasteiger partial charge is 0.181 e. The van der Waals surface area contributed by atoms with Gasteiger partial charge in [0.25, 0.3) is 0 Å². The molecule has 1 saturated heterocycles. The molecule has 1 aromatic heterocycles. The van der Waals surface area contributed by atoms with E-state index in [0.717, 1.165) is 5.92 Å². The summed E-state index contributed by atoms with van der Waals surface area (Å²) in [5.74, 6) is 0.954. The highest BCUT2D eigenvalue weighted by atomic mass is 15.2. The highest BCUT2D eigenvalue weighted by molar-refractivity contribution is 6.74. The lowest BCUT2D eigenvalue weighted by molar-refractivity contribution is 0.177. The Morgan fingerprint density at radius 3 is 2.30 bits per heavy atom. The van der Waals surface area contributed by atoms with Crippen LogP contribution in [0.3, 0.4) is 0 Å². The normalized spacial score (nSPS) is 24.3. The maximum Gasteiger partial charge on any atom is 0.181 e. The van der Waals surface area contributed by atoms with Crippen LogP contribution in [0.1, 0.15) is 71.9 Å². The summed E-state index contributed by atoms with van der Waals surface area (Å²) in [6.07, 6.45) is 14.7. The van der Waals surface area contributed by atoms with Gasteiger partial charge in [-0.2, -0.15) is 5.10 Å². The fourth-order valence-electron chi connectivity index (χ4n) is 4.98. The minimum Gasteiger partial charge on any atom is -0.276 e. The van der Waals surface area contributed by atoms with Gasteiger partial charge in [0.2, 0.25) is 0 Å². The van der Waals surface area contributed by atoms with Gasteiger partial charge in [-0.15, -0.1) is 0 Å². The molecule has 0 unspecified atom stereocenters. The molecule has 0 N–H and O–H groups in total. The Balaban J connectivity index is 1.71. The van der Waals surface area contributed by atoms with Crippen LogP contribution < -0.4 is 5.46 Å². The molecule has 1 aromatic rings. The zero-order valence-corrected chi connectivity index (χ0v) is 16.0. The number of hydrogen-bond donors (Lipinski definition) is 0. The summed E-state index contributed by atoms with van der Waals surface area (Å²) in [5.41, 5.74) is 3.81. The number of hydrogen-bond acceptors (Lipinski definition) is 1. The molecule has 3 rings (SSSR count). The van der Waals surface area contributed by atoms with Crippen molar-refractivity contribution in [3.05, 3.63) is 11.9 Å². The number of aryl methyl sites for hydroxylation is 2. The minimum absolute atomic E-state index is 0.425. The number of rotatable bonds is 4. The molecule has 3 heteroatoms. The number of aromatic nitrogens is 2. The Morgan fingerprint density at radius 1 is 1.09 bits per heavy atom. The molecule has 2 fully saturated rings. The second-order valence-corrected chi connectivity index (χ2v) is 9.62. The van der Waals surface area contributed by atoms with Crippen molar-refractivity contribution in [1.82, 2.24) is 9.78 Å². The summed E-state index contributed by atoms with van der Waals surface area (Å²) in [4.78, 5) is 0. The van der Waals surface area contributed by atoms with Crippen molar-refractivity contribution in [2.45, 2.75) is 85.3 Å². The average Bonchev–Trinajstić information content (AvgIpc) is 2.95. The molecule has 0 bridgehead atoms. The lowest BCUT2D eigenvalue weighted by Gasteiger charge is -2.35. The second-order valence-electron chi connectivity index (χ2n) is 9.62. The summed E-state index contributed by atoms with van der Waals surface area (Å²) in [5, 5.41) is 4.85. The van der Waals surface area contributed by atoms with Crippen LogP contribution in [0, 0.1) is 16.7 Å². The third-order valence-electron chi connectivity index (χ3n) is 7.24. The monoisotopic (exact) mass is 314 g/mol. The maximum atomic E-state index is 4.85. The molecule has 2 nitrogen and oxygen atoms in total. The first-order chi connectivity index (χ1) is 10.8. The van der Waals surface area contributed by atoms with Gasteiger partial charge in [-0.3, -0.25) is 4.68 Å². The van der Waals surface area contributed by atoms with Crippen molar-refractivity contribution >= 4 is 12.2 Å². The van der Waals surface area contributed by atoms with E-state index in [9.17, 15) is 0 Å². The van der Waals surface area contributed by atoms with Crippen LogP contribution in [0.2, 0.25) is 12.6 Å². The summed E-state index contributed by atoms with van der Waals surface area (Å²) >= 11 is 0. The van der Waals surface area contributed by atoms with Gasteiger partial charge in [0, 0.05) is 13.2 Å². The van der Waals surface area contributed by atoms with E-state index in [1.165, 1.54) is 63.3 Å². The molecule has 0 amide bonds. The van der Waals surface area contributed by atoms with E-state index in [2.05, 4.69) is 45.6 Å². The van der Waals surface area contributed by atoms with Crippen LogP contribution in [0.4, 0.5) is 0 Å². The lowest BCUT2D eigenvalue weighted by atomic mass is 9.42. The summed E-state index contributed by atoms with van der Waals surface area (Å²) in [6.45, 7) is 10.5. The van der Waals surface area contributed by atoms with Crippen LogP contribution in [0.5, 0.6) is 0 Å². The van der Waals surface area contributed by atoms with E-state index >= 15 is 0 Å². The Bertz CT molecular complexity index is 522. The first-order valence-electron chi connectivity index (χ1n) is 9.81. The molecule has 2 heterocycles. The Labute approximate surface area is 143 Å². The summed E-state index contributed by atoms with van der Waals surface area (Å²) in [7, 11) is 2.10. The number of nitrogens with zero attached hydrogens (tertiary/aromatic N) is 2. The molecule has 1 saturated carbocycles. The lowest BCUT2D eigenvalue weighted by Crippen LogP contribution is -2.30. The first-order valence-corrected chi connectivity index (χ1v) is 9.81. The van der Waals surface area contributed by atoms with Gasteiger partial charge in [0.1, 0.15) is 0 Å². The van der Waals surface area contributed by atoms with Crippen molar-refractivity contribution in [2.75, 3.05) is 0 Å². The van der Waals surface area contributed by atoms with E-state index in [4.69, 9.17) is 5.10 Å². The molecule has 0 aromatic carbocycles. The fraction of sp³-hybridized carbons (Fsp3) is 0.850. The third kappa shape index (κ3) is 3.54.